The van der Waals surface area contributed by atoms with Gasteiger partial charge in [-0.2, -0.15) is 0 Å². The summed E-state index contributed by atoms with van der Waals surface area (Å²) in [5, 5.41) is 15.0. The molecule has 19 heavy (non-hydrogen) atoms. The summed E-state index contributed by atoms with van der Waals surface area (Å²) in [6.45, 7) is 4.88. The zero-order valence-corrected chi connectivity index (χ0v) is 11.1. The Hall–Kier alpha value is -1.36. The number of rotatable bonds is 3. The largest absolute Gasteiger partial charge is 0.387 e. The molecule has 0 bridgehead atoms. The smallest absolute Gasteiger partial charge is 0.0937 e. The van der Waals surface area contributed by atoms with Gasteiger partial charge < -0.3 is 15.4 Å². The van der Waals surface area contributed by atoms with Crippen molar-refractivity contribution >= 4 is 10.9 Å². The Balaban J connectivity index is 1.74. The van der Waals surface area contributed by atoms with Gasteiger partial charge in [-0.1, -0.05) is 18.2 Å². The first-order valence-electron chi connectivity index (χ1n) is 7.02. The number of fused-ring (bicyclic) bond motifs is 1. The lowest BCUT2D eigenvalue weighted by atomic mass is 10.1. The molecule has 1 unspecified atom stereocenters. The van der Waals surface area contributed by atoms with Gasteiger partial charge in [-0.05, 0) is 25.6 Å². The quantitative estimate of drug-likeness (QED) is 0.783. The number of aliphatic hydroxyl groups is 1. The van der Waals surface area contributed by atoms with Crippen LogP contribution < -0.4 is 5.32 Å². The van der Waals surface area contributed by atoms with Gasteiger partial charge in [0, 0.05) is 42.3 Å². The molecular weight excluding hydrogens is 238 g/mol. The third-order valence-electron chi connectivity index (χ3n) is 3.84. The van der Waals surface area contributed by atoms with Crippen molar-refractivity contribution in [3.8, 4) is 0 Å². The Morgan fingerprint density at radius 3 is 3.05 bits per heavy atom. The molecule has 1 aromatic heterocycles. The summed E-state index contributed by atoms with van der Waals surface area (Å²) >= 11 is 0. The normalized spacial score (nSPS) is 19.4. The number of nitrogens with zero attached hydrogens (tertiary/aromatic N) is 1. The monoisotopic (exact) mass is 259 g/mol. The minimum absolute atomic E-state index is 0.422. The molecule has 1 saturated heterocycles. The highest BCUT2D eigenvalue weighted by molar-refractivity contribution is 5.83. The van der Waals surface area contributed by atoms with Crippen LogP contribution in [0.4, 0.5) is 0 Å². The van der Waals surface area contributed by atoms with Gasteiger partial charge in [0.15, 0.2) is 0 Å². The first-order chi connectivity index (χ1) is 9.34. The average molecular weight is 259 g/mol. The SMILES string of the molecule is OC(CN1CCCNCC1)c1c[nH]c2ccccc12. The van der Waals surface area contributed by atoms with E-state index in [0.717, 1.165) is 49.1 Å². The van der Waals surface area contributed by atoms with Gasteiger partial charge in [0.25, 0.3) is 0 Å². The molecule has 0 spiro atoms. The van der Waals surface area contributed by atoms with Gasteiger partial charge in [-0.3, -0.25) is 4.90 Å². The molecule has 2 heterocycles. The zero-order chi connectivity index (χ0) is 13.1. The molecule has 2 aromatic rings. The van der Waals surface area contributed by atoms with Crippen LogP contribution in [0.25, 0.3) is 10.9 Å². The van der Waals surface area contributed by atoms with Crippen LogP contribution in [0.1, 0.15) is 18.1 Å². The van der Waals surface area contributed by atoms with E-state index in [1.807, 2.05) is 24.4 Å². The summed E-state index contributed by atoms with van der Waals surface area (Å²) in [7, 11) is 0. The molecule has 3 N–H and O–H groups in total. The molecule has 1 aliphatic rings. The van der Waals surface area contributed by atoms with Crippen LogP contribution in [0.5, 0.6) is 0 Å². The molecule has 4 nitrogen and oxygen atoms in total. The summed E-state index contributed by atoms with van der Waals surface area (Å²) in [5.41, 5.74) is 2.10. The third-order valence-corrected chi connectivity index (χ3v) is 3.84. The molecule has 1 fully saturated rings. The summed E-state index contributed by atoms with van der Waals surface area (Å²) in [5.74, 6) is 0. The maximum atomic E-state index is 10.5. The van der Waals surface area contributed by atoms with E-state index in [4.69, 9.17) is 0 Å². The van der Waals surface area contributed by atoms with Crippen molar-refractivity contribution in [2.75, 3.05) is 32.7 Å². The Morgan fingerprint density at radius 1 is 1.21 bits per heavy atom. The summed E-state index contributed by atoms with van der Waals surface area (Å²) in [6.07, 6.45) is 2.67. The molecule has 1 atom stereocenters. The number of aromatic amines is 1. The van der Waals surface area contributed by atoms with Crippen molar-refractivity contribution in [3.05, 3.63) is 36.0 Å². The lowest BCUT2D eigenvalue weighted by molar-refractivity contribution is 0.118. The highest BCUT2D eigenvalue weighted by Crippen LogP contribution is 2.24. The number of aliphatic hydroxyl groups excluding tert-OH is 1. The number of nitrogens with one attached hydrogen (secondary N) is 2. The summed E-state index contributed by atoms with van der Waals surface area (Å²) in [4.78, 5) is 5.57. The number of para-hydroxylation sites is 1. The molecule has 4 heteroatoms. The number of hydrogen-bond acceptors (Lipinski definition) is 3. The highest BCUT2D eigenvalue weighted by atomic mass is 16.3. The van der Waals surface area contributed by atoms with Crippen molar-refractivity contribution < 1.29 is 5.11 Å². The highest BCUT2D eigenvalue weighted by Gasteiger charge is 2.17. The van der Waals surface area contributed by atoms with Crippen LogP contribution in [-0.2, 0) is 0 Å². The van der Waals surface area contributed by atoms with Gasteiger partial charge in [0.1, 0.15) is 0 Å². The summed E-state index contributed by atoms with van der Waals surface area (Å²) < 4.78 is 0. The third kappa shape index (κ3) is 2.81. The lowest BCUT2D eigenvalue weighted by Crippen LogP contribution is -2.32. The number of H-pyrrole nitrogens is 1. The fourth-order valence-corrected chi connectivity index (χ4v) is 2.80. The Labute approximate surface area is 113 Å². The number of hydrogen-bond donors (Lipinski definition) is 3. The Morgan fingerprint density at radius 2 is 2.11 bits per heavy atom. The lowest BCUT2D eigenvalue weighted by Gasteiger charge is -2.22. The molecule has 0 radical (unpaired) electrons. The van der Waals surface area contributed by atoms with E-state index in [2.05, 4.69) is 21.3 Å². The topological polar surface area (TPSA) is 51.3 Å². The van der Waals surface area contributed by atoms with Crippen molar-refractivity contribution in [2.24, 2.45) is 0 Å². The molecule has 0 saturated carbocycles. The van der Waals surface area contributed by atoms with E-state index >= 15 is 0 Å². The van der Waals surface area contributed by atoms with Crippen molar-refractivity contribution in [3.63, 3.8) is 0 Å². The molecular formula is C15H21N3O. The fraction of sp³-hybridized carbons (Fsp3) is 0.467. The van der Waals surface area contributed by atoms with Crippen LogP contribution in [0.15, 0.2) is 30.5 Å². The predicted molar refractivity (Wildman–Crippen MR) is 77.2 cm³/mol. The first-order valence-corrected chi connectivity index (χ1v) is 7.02. The average Bonchev–Trinajstić information content (AvgIpc) is 2.70. The minimum Gasteiger partial charge on any atom is -0.387 e. The molecule has 1 aromatic carbocycles. The van der Waals surface area contributed by atoms with Crippen molar-refractivity contribution in [2.45, 2.75) is 12.5 Å². The molecule has 3 rings (SSSR count). The second-order valence-electron chi connectivity index (χ2n) is 5.21. The van der Waals surface area contributed by atoms with Crippen molar-refractivity contribution in [1.82, 2.24) is 15.2 Å². The van der Waals surface area contributed by atoms with Gasteiger partial charge >= 0.3 is 0 Å². The standard InChI is InChI=1S/C15H21N3O/c19-15(11-18-8-3-6-16-7-9-18)13-10-17-14-5-2-1-4-12(13)14/h1-2,4-5,10,15-17,19H,3,6-9,11H2. The van der Waals surface area contributed by atoms with Gasteiger partial charge in [0.2, 0.25) is 0 Å². The van der Waals surface area contributed by atoms with E-state index in [1.54, 1.807) is 0 Å². The maximum Gasteiger partial charge on any atom is 0.0937 e. The minimum atomic E-state index is -0.422. The maximum absolute atomic E-state index is 10.5. The summed E-state index contributed by atoms with van der Waals surface area (Å²) in [6, 6.07) is 8.13. The van der Waals surface area contributed by atoms with Crippen LogP contribution >= 0.6 is 0 Å². The second kappa shape index (κ2) is 5.74. The van der Waals surface area contributed by atoms with Crippen LogP contribution in [-0.4, -0.2) is 47.7 Å². The fourth-order valence-electron chi connectivity index (χ4n) is 2.80. The molecule has 0 amide bonds. The van der Waals surface area contributed by atoms with E-state index in [0.29, 0.717) is 6.54 Å². The van der Waals surface area contributed by atoms with Crippen LogP contribution in [0, 0.1) is 0 Å². The van der Waals surface area contributed by atoms with Gasteiger partial charge in [-0.25, -0.2) is 0 Å². The van der Waals surface area contributed by atoms with E-state index in [-0.39, 0.29) is 0 Å². The molecule has 0 aliphatic carbocycles. The predicted octanol–water partition coefficient (Wildman–Crippen LogP) is 1.50. The van der Waals surface area contributed by atoms with E-state index < -0.39 is 6.10 Å². The number of benzene rings is 1. The zero-order valence-electron chi connectivity index (χ0n) is 11.1. The van der Waals surface area contributed by atoms with Crippen molar-refractivity contribution in [1.29, 1.82) is 0 Å². The van der Waals surface area contributed by atoms with Gasteiger partial charge in [0.05, 0.1) is 6.10 Å². The van der Waals surface area contributed by atoms with Crippen LogP contribution in [0.2, 0.25) is 0 Å². The number of aromatic nitrogens is 1. The molecule has 1 aliphatic heterocycles. The van der Waals surface area contributed by atoms with Gasteiger partial charge in [-0.15, -0.1) is 0 Å². The Bertz CT molecular complexity index is 529. The van der Waals surface area contributed by atoms with Crippen LogP contribution in [0.3, 0.4) is 0 Å². The van der Waals surface area contributed by atoms with E-state index in [9.17, 15) is 5.11 Å². The first kappa shape index (κ1) is 12.7. The number of β-amino-alcohol motifs (C(OH)–C–C–N with tert-alkyl or cyclic N) is 1. The second-order valence-corrected chi connectivity index (χ2v) is 5.21. The van der Waals surface area contributed by atoms with E-state index in [1.165, 1.54) is 0 Å². The Kier molecular flexibility index (Phi) is 3.82. The molecule has 102 valence electrons.